The first-order valence-electron chi connectivity index (χ1n) is 6.42. The molecule has 0 spiro atoms. The lowest BCUT2D eigenvalue weighted by Gasteiger charge is -2.28. The smallest absolute Gasteiger partial charge is 0.394 e. The second kappa shape index (κ2) is 11.2. The molecule has 0 radical (unpaired) electrons. The van der Waals surface area contributed by atoms with Crippen molar-refractivity contribution >= 4 is 20.6 Å². The topological polar surface area (TPSA) is 68.2 Å². The lowest BCUT2D eigenvalue weighted by molar-refractivity contribution is 0.0728. The summed E-state index contributed by atoms with van der Waals surface area (Å²) in [7, 11) is -2.54. The normalized spacial score (nSPS) is 13.8. The van der Waals surface area contributed by atoms with Gasteiger partial charge in [-0.05, 0) is 26.5 Å². The number of thioether (sulfide) groups is 1. The van der Waals surface area contributed by atoms with Crippen molar-refractivity contribution in [3.63, 3.8) is 0 Å². The molecule has 0 aliphatic rings. The van der Waals surface area contributed by atoms with Crippen LogP contribution in [0.3, 0.4) is 0 Å². The van der Waals surface area contributed by atoms with Crippen LogP contribution in [0.25, 0.3) is 0 Å². The van der Waals surface area contributed by atoms with E-state index < -0.39 is 14.9 Å². The van der Waals surface area contributed by atoms with Gasteiger partial charge in [0, 0.05) is 31.6 Å². The first kappa shape index (κ1) is 18.4. The van der Waals surface area contributed by atoms with Crippen molar-refractivity contribution in [3.05, 3.63) is 0 Å². The molecule has 18 heavy (non-hydrogen) atoms. The fraction of sp³-hybridized carbons (Fsp3) is 1.00. The van der Waals surface area contributed by atoms with Gasteiger partial charge >= 0.3 is 8.80 Å². The van der Waals surface area contributed by atoms with E-state index in [1.165, 1.54) is 0 Å². The van der Waals surface area contributed by atoms with Gasteiger partial charge in [0.1, 0.15) is 0 Å². The molecule has 0 heterocycles. The molecule has 110 valence electrons. The monoisotopic (exact) mass is 298 g/mol. The van der Waals surface area contributed by atoms with E-state index in [2.05, 4.69) is 0 Å². The van der Waals surface area contributed by atoms with Gasteiger partial charge in [0.2, 0.25) is 0 Å². The highest BCUT2D eigenvalue weighted by Gasteiger charge is 2.39. The van der Waals surface area contributed by atoms with Gasteiger partial charge in [-0.2, -0.15) is 11.8 Å². The zero-order valence-corrected chi connectivity index (χ0v) is 13.4. The van der Waals surface area contributed by atoms with Crippen LogP contribution in [0.15, 0.2) is 0 Å². The summed E-state index contributed by atoms with van der Waals surface area (Å²) in [5.41, 5.74) is 0. The van der Waals surface area contributed by atoms with E-state index in [4.69, 9.17) is 18.4 Å². The predicted molar refractivity (Wildman–Crippen MR) is 75.9 cm³/mol. The van der Waals surface area contributed by atoms with Crippen LogP contribution in [0.4, 0.5) is 0 Å². The summed E-state index contributed by atoms with van der Waals surface area (Å²) in [5.74, 6) is 1.31. The molecule has 2 N–H and O–H groups in total. The van der Waals surface area contributed by atoms with E-state index in [1.54, 1.807) is 11.8 Å². The zero-order valence-electron chi connectivity index (χ0n) is 11.6. The third-order valence-electron chi connectivity index (χ3n) is 2.17. The SMILES string of the molecule is CCO[Si](CCSCC(O)CO)(OCC)OCC. The standard InChI is InChI=1S/C11H26O5SSi/c1-4-14-18(15-5-2,16-6-3)8-7-17-10-11(13)9-12/h11-13H,4-10H2,1-3H3. The van der Waals surface area contributed by atoms with Crippen molar-refractivity contribution in [1.82, 2.24) is 0 Å². The van der Waals surface area contributed by atoms with Crippen molar-refractivity contribution in [3.8, 4) is 0 Å². The van der Waals surface area contributed by atoms with Crippen LogP contribution in [-0.4, -0.2) is 63.1 Å². The second-order valence-corrected chi connectivity index (χ2v) is 7.53. The molecule has 0 amide bonds. The summed E-state index contributed by atoms with van der Waals surface area (Å²) in [6.07, 6.45) is -0.655. The molecule has 0 aliphatic carbocycles. The number of hydrogen-bond donors (Lipinski definition) is 2. The van der Waals surface area contributed by atoms with Gasteiger partial charge in [0.15, 0.2) is 0 Å². The Labute approximate surface area is 115 Å². The van der Waals surface area contributed by atoms with Crippen LogP contribution in [-0.2, 0) is 13.3 Å². The Morgan fingerprint density at radius 2 is 1.56 bits per heavy atom. The molecule has 0 bridgehead atoms. The Kier molecular flexibility index (Phi) is 11.4. The Bertz CT molecular complexity index is 179. The van der Waals surface area contributed by atoms with Crippen molar-refractivity contribution in [1.29, 1.82) is 0 Å². The van der Waals surface area contributed by atoms with E-state index in [9.17, 15) is 5.11 Å². The van der Waals surface area contributed by atoms with Crippen molar-refractivity contribution in [2.24, 2.45) is 0 Å². The molecule has 0 aromatic carbocycles. The van der Waals surface area contributed by atoms with Crippen molar-refractivity contribution < 1.29 is 23.5 Å². The Morgan fingerprint density at radius 1 is 1.06 bits per heavy atom. The fourth-order valence-corrected chi connectivity index (χ4v) is 5.59. The average molecular weight is 298 g/mol. The minimum absolute atomic E-state index is 0.196. The van der Waals surface area contributed by atoms with Gasteiger partial charge in [-0.15, -0.1) is 0 Å². The minimum atomic E-state index is -2.54. The Balaban J connectivity index is 4.12. The second-order valence-electron chi connectivity index (χ2n) is 3.64. The Hall–Kier alpha value is 0.367. The van der Waals surface area contributed by atoms with E-state index in [0.29, 0.717) is 25.6 Å². The molecule has 0 saturated heterocycles. The van der Waals surface area contributed by atoms with Gasteiger partial charge in [0.25, 0.3) is 0 Å². The fourth-order valence-electron chi connectivity index (χ4n) is 1.47. The summed E-state index contributed by atoms with van der Waals surface area (Å²) >= 11 is 1.58. The third-order valence-corrected chi connectivity index (χ3v) is 6.69. The molecule has 0 rings (SSSR count). The van der Waals surface area contributed by atoms with Gasteiger partial charge in [-0.1, -0.05) is 0 Å². The van der Waals surface area contributed by atoms with E-state index in [1.807, 2.05) is 20.8 Å². The largest absolute Gasteiger partial charge is 0.501 e. The predicted octanol–water partition coefficient (Wildman–Crippen LogP) is 1.12. The highest BCUT2D eigenvalue weighted by atomic mass is 32.2. The molecule has 0 saturated carbocycles. The van der Waals surface area contributed by atoms with Gasteiger partial charge < -0.3 is 23.5 Å². The van der Waals surface area contributed by atoms with E-state index in [-0.39, 0.29) is 6.61 Å². The summed E-state index contributed by atoms with van der Waals surface area (Å²) in [6.45, 7) is 7.34. The molecule has 0 aromatic rings. The van der Waals surface area contributed by atoms with E-state index in [0.717, 1.165) is 11.8 Å². The molecule has 0 aliphatic heterocycles. The van der Waals surface area contributed by atoms with Crippen LogP contribution in [0.2, 0.25) is 6.04 Å². The lowest BCUT2D eigenvalue weighted by atomic mass is 10.4. The van der Waals surface area contributed by atoms with Gasteiger partial charge in [-0.25, -0.2) is 0 Å². The third kappa shape index (κ3) is 7.73. The zero-order chi connectivity index (χ0) is 13.9. The molecule has 0 fully saturated rings. The van der Waals surface area contributed by atoms with Crippen LogP contribution in [0, 0.1) is 0 Å². The van der Waals surface area contributed by atoms with Crippen LogP contribution >= 0.6 is 11.8 Å². The average Bonchev–Trinajstić information content (AvgIpc) is 2.35. The molecule has 1 unspecified atom stereocenters. The first-order valence-corrected chi connectivity index (χ1v) is 9.51. The number of aliphatic hydroxyl groups excluding tert-OH is 2. The number of hydrogen-bond acceptors (Lipinski definition) is 6. The molecule has 0 aromatic heterocycles. The maximum absolute atomic E-state index is 9.24. The van der Waals surface area contributed by atoms with Crippen molar-refractivity contribution in [2.45, 2.75) is 32.9 Å². The first-order chi connectivity index (χ1) is 8.64. The molecular weight excluding hydrogens is 272 g/mol. The van der Waals surface area contributed by atoms with Crippen LogP contribution < -0.4 is 0 Å². The minimum Gasteiger partial charge on any atom is -0.394 e. The molecular formula is C11H26O5SSi. The summed E-state index contributed by atoms with van der Waals surface area (Å²) < 4.78 is 17.1. The van der Waals surface area contributed by atoms with Crippen molar-refractivity contribution in [2.75, 3.05) is 37.9 Å². The number of rotatable bonds is 12. The Morgan fingerprint density at radius 3 is 1.94 bits per heavy atom. The van der Waals surface area contributed by atoms with Crippen LogP contribution in [0.5, 0.6) is 0 Å². The molecule has 1 atom stereocenters. The van der Waals surface area contributed by atoms with E-state index >= 15 is 0 Å². The highest BCUT2D eigenvalue weighted by Crippen LogP contribution is 2.19. The molecule has 7 heteroatoms. The summed E-state index contributed by atoms with van der Waals surface area (Å²) in [6, 6.07) is 0.728. The molecule has 5 nitrogen and oxygen atoms in total. The van der Waals surface area contributed by atoms with Gasteiger partial charge in [0.05, 0.1) is 12.7 Å². The number of aliphatic hydroxyl groups is 2. The maximum atomic E-state index is 9.24. The quantitative estimate of drug-likeness (QED) is 0.416. The van der Waals surface area contributed by atoms with Crippen LogP contribution in [0.1, 0.15) is 20.8 Å². The highest BCUT2D eigenvalue weighted by molar-refractivity contribution is 7.99. The van der Waals surface area contributed by atoms with Gasteiger partial charge in [-0.3, -0.25) is 0 Å². The maximum Gasteiger partial charge on any atom is 0.501 e. The lowest BCUT2D eigenvalue weighted by Crippen LogP contribution is -2.46. The summed E-state index contributed by atoms with van der Waals surface area (Å²) in [4.78, 5) is 0. The summed E-state index contributed by atoms with van der Waals surface area (Å²) in [5, 5.41) is 18.0.